The summed E-state index contributed by atoms with van der Waals surface area (Å²) in [5.74, 6) is 0.927. The van der Waals surface area contributed by atoms with Gasteiger partial charge in [0.05, 0.1) is 16.8 Å². The van der Waals surface area contributed by atoms with E-state index in [1.165, 1.54) is 12.1 Å². The molecule has 4 aromatic carbocycles. The second-order valence-corrected chi connectivity index (χ2v) is 8.19. The van der Waals surface area contributed by atoms with Gasteiger partial charge in [-0.2, -0.15) is 13.2 Å². The molecule has 0 aliphatic heterocycles. The molecular weight excluding hydrogens is 454 g/mol. The molecule has 0 bridgehead atoms. The number of pyridine rings is 1. The SMILES string of the molecule is Cc1cc(-c2ccc(-c3ccc(Oc4ccccc4)cc3)c(F)c2)nc2ccc(C(F)(F)F)cc12. The van der Waals surface area contributed by atoms with E-state index in [1.807, 2.05) is 30.3 Å². The van der Waals surface area contributed by atoms with Crippen molar-refractivity contribution < 1.29 is 22.3 Å². The number of rotatable bonds is 4. The van der Waals surface area contributed by atoms with E-state index in [9.17, 15) is 13.2 Å². The van der Waals surface area contributed by atoms with Crippen LogP contribution in [0, 0.1) is 12.7 Å². The molecule has 0 atom stereocenters. The van der Waals surface area contributed by atoms with Crippen molar-refractivity contribution in [1.29, 1.82) is 0 Å². The van der Waals surface area contributed by atoms with Gasteiger partial charge in [0.1, 0.15) is 17.3 Å². The predicted molar refractivity (Wildman–Crippen MR) is 129 cm³/mol. The number of ether oxygens (including phenoxy) is 1. The number of alkyl halides is 3. The van der Waals surface area contributed by atoms with Crippen LogP contribution in [0.15, 0.2) is 97.1 Å². The van der Waals surface area contributed by atoms with Crippen LogP contribution in [0.3, 0.4) is 0 Å². The zero-order valence-corrected chi connectivity index (χ0v) is 18.6. The lowest BCUT2D eigenvalue weighted by molar-refractivity contribution is -0.137. The molecule has 5 rings (SSSR count). The number of nitrogens with zero attached hydrogens (tertiary/aromatic N) is 1. The van der Waals surface area contributed by atoms with Gasteiger partial charge >= 0.3 is 6.18 Å². The number of benzene rings is 4. The molecule has 35 heavy (non-hydrogen) atoms. The molecule has 0 saturated heterocycles. The molecule has 0 amide bonds. The maximum Gasteiger partial charge on any atom is 0.416 e. The lowest BCUT2D eigenvalue weighted by Gasteiger charge is -2.12. The van der Waals surface area contributed by atoms with Crippen LogP contribution in [-0.4, -0.2) is 4.98 Å². The highest BCUT2D eigenvalue weighted by molar-refractivity contribution is 5.86. The minimum atomic E-state index is -4.43. The fourth-order valence-electron chi connectivity index (χ4n) is 3.95. The lowest BCUT2D eigenvalue weighted by atomic mass is 9.99. The molecule has 0 unspecified atom stereocenters. The standard InChI is InChI=1S/C29H19F4NO/c1-18-15-28(34-27-14-10-21(17-25(18)27)29(31,32)33)20-9-13-24(26(30)16-20)19-7-11-23(12-8-19)35-22-5-3-2-4-6-22/h2-17H,1H3. The van der Waals surface area contributed by atoms with E-state index in [2.05, 4.69) is 4.98 Å². The summed E-state index contributed by atoms with van der Waals surface area (Å²) in [6.45, 7) is 1.72. The Morgan fingerprint density at radius 3 is 2.09 bits per heavy atom. The van der Waals surface area contributed by atoms with Crippen LogP contribution in [-0.2, 0) is 6.18 Å². The van der Waals surface area contributed by atoms with Crippen LogP contribution in [0.2, 0.25) is 0 Å². The van der Waals surface area contributed by atoms with E-state index < -0.39 is 17.6 Å². The molecular formula is C29H19F4NO. The molecule has 1 aromatic heterocycles. The molecule has 5 aromatic rings. The molecule has 0 radical (unpaired) electrons. The van der Waals surface area contributed by atoms with E-state index in [-0.39, 0.29) is 0 Å². The summed E-state index contributed by atoms with van der Waals surface area (Å²) in [7, 11) is 0. The molecule has 2 nitrogen and oxygen atoms in total. The minimum Gasteiger partial charge on any atom is -0.457 e. The van der Waals surface area contributed by atoms with Gasteiger partial charge < -0.3 is 4.74 Å². The van der Waals surface area contributed by atoms with Crippen molar-refractivity contribution in [3.8, 4) is 33.9 Å². The Kier molecular flexibility index (Phi) is 5.73. The summed E-state index contributed by atoms with van der Waals surface area (Å²) in [6.07, 6.45) is -4.43. The Labute approximate surface area is 199 Å². The van der Waals surface area contributed by atoms with Crippen molar-refractivity contribution in [2.24, 2.45) is 0 Å². The maximum atomic E-state index is 15.1. The summed E-state index contributed by atoms with van der Waals surface area (Å²) in [4.78, 5) is 4.47. The number of para-hydroxylation sites is 1. The average Bonchev–Trinajstić information content (AvgIpc) is 2.84. The molecule has 6 heteroatoms. The van der Waals surface area contributed by atoms with Crippen molar-refractivity contribution >= 4 is 10.9 Å². The average molecular weight is 473 g/mol. The first-order valence-corrected chi connectivity index (χ1v) is 10.9. The van der Waals surface area contributed by atoms with Crippen LogP contribution in [0.1, 0.15) is 11.1 Å². The highest BCUT2D eigenvalue weighted by atomic mass is 19.4. The van der Waals surface area contributed by atoms with Crippen molar-refractivity contribution in [2.75, 3.05) is 0 Å². The smallest absolute Gasteiger partial charge is 0.416 e. The third-order valence-electron chi connectivity index (χ3n) is 5.75. The minimum absolute atomic E-state index is 0.415. The van der Waals surface area contributed by atoms with E-state index in [1.54, 1.807) is 49.4 Å². The Balaban J connectivity index is 1.43. The van der Waals surface area contributed by atoms with Crippen LogP contribution in [0.25, 0.3) is 33.3 Å². The Hall–Kier alpha value is -4.19. The van der Waals surface area contributed by atoms with Gasteiger partial charge in [-0.1, -0.05) is 42.5 Å². The number of hydrogen-bond donors (Lipinski definition) is 0. The van der Waals surface area contributed by atoms with E-state index in [0.29, 0.717) is 50.3 Å². The first-order chi connectivity index (χ1) is 16.8. The summed E-state index contributed by atoms with van der Waals surface area (Å²) in [5.41, 5.74) is 2.48. The lowest BCUT2D eigenvalue weighted by Crippen LogP contribution is -2.04. The second kappa shape index (κ2) is 8.87. The van der Waals surface area contributed by atoms with Crippen molar-refractivity contribution in [2.45, 2.75) is 13.1 Å². The summed E-state index contributed by atoms with van der Waals surface area (Å²) in [5, 5.41) is 0.415. The molecule has 0 aliphatic carbocycles. The number of fused-ring (bicyclic) bond motifs is 1. The van der Waals surface area contributed by atoms with Crippen LogP contribution in [0.4, 0.5) is 17.6 Å². The molecule has 0 spiro atoms. The summed E-state index contributed by atoms with van der Waals surface area (Å²) in [6, 6.07) is 26.4. The van der Waals surface area contributed by atoms with Gasteiger partial charge in [-0.3, -0.25) is 0 Å². The van der Waals surface area contributed by atoms with Crippen molar-refractivity contribution in [1.82, 2.24) is 4.98 Å². The number of hydrogen-bond acceptors (Lipinski definition) is 2. The highest BCUT2D eigenvalue weighted by Crippen LogP contribution is 2.34. The van der Waals surface area contributed by atoms with Crippen LogP contribution < -0.4 is 4.74 Å². The third-order valence-corrected chi connectivity index (χ3v) is 5.75. The van der Waals surface area contributed by atoms with Gasteiger partial charge in [0.15, 0.2) is 0 Å². The van der Waals surface area contributed by atoms with E-state index >= 15 is 4.39 Å². The predicted octanol–water partition coefficient (Wildman–Crippen LogP) is 8.83. The summed E-state index contributed by atoms with van der Waals surface area (Å²) < 4.78 is 60.1. The van der Waals surface area contributed by atoms with Gasteiger partial charge in [0, 0.05) is 16.5 Å². The molecule has 0 saturated carbocycles. The number of aromatic nitrogens is 1. The normalized spacial score (nSPS) is 11.6. The van der Waals surface area contributed by atoms with Gasteiger partial charge in [0.25, 0.3) is 0 Å². The molecule has 174 valence electrons. The zero-order chi connectivity index (χ0) is 24.6. The fraction of sp³-hybridized carbons (Fsp3) is 0.0690. The van der Waals surface area contributed by atoms with Crippen LogP contribution >= 0.6 is 0 Å². The maximum absolute atomic E-state index is 15.1. The van der Waals surface area contributed by atoms with Crippen LogP contribution in [0.5, 0.6) is 11.5 Å². The Morgan fingerprint density at radius 1 is 0.714 bits per heavy atom. The largest absolute Gasteiger partial charge is 0.457 e. The topological polar surface area (TPSA) is 22.1 Å². The molecule has 0 N–H and O–H groups in total. The Bertz CT molecular complexity index is 1510. The first kappa shape index (κ1) is 22.6. The van der Waals surface area contributed by atoms with E-state index in [4.69, 9.17) is 4.74 Å². The highest BCUT2D eigenvalue weighted by Gasteiger charge is 2.30. The Morgan fingerprint density at radius 2 is 1.40 bits per heavy atom. The van der Waals surface area contributed by atoms with Gasteiger partial charge in [-0.25, -0.2) is 9.37 Å². The number of halogens is 4. The molecule has 0 fully saturated rings. The third kappa shape index (κ3) is 4.73. The fourth-order valence-corrected chi connectivity index (χ4v) is 3.95. The van der Waals surface area contributed by atoms with E-state index in [0.717, 1.165) is 12.1 Å². The second-order valence-electron chi connectivity index (χ2n) is 8.19. The van der Waals surface area contributed by atoms with Gasteiger partial charge in [-0.15, -0.1) is 0 Å². The van der Waals surface area contributed by atoms with Crippen molar-refractivity contribution in [3.05, 3.63) is 114 Å². The van der Waals surface area contributed by atoms with Gasteiger partial charge in [0.2, 0.25) is 0 Å². The zero-order valence-electron chi connectivity index (χ0n) is 18.6. The molecule has 1 heterocycles. The summed E-state index contributed by atoms with van der Waals surface area (Å²) >= 11 is 0. The number of aryl methyl sites for hydroxylation is 1. The van der Waals surface area contributed by atoms with Gasteiger partial charge in [-0.05, 0) is 72.6 Å². The van der Waals surface area contributed by atoms with Crippen molar-refractivity contribution in [3.63, 3.8) is 0 Å². The molecule has 0 aliphatic rings. The monoisotopic (exact) mass is 473 g/mol. The first-order valence-electron chi connectivity index (χ1n) is 10.9. The quantitative estimate of drug-likeness (QED) is 0.243.